The minimum absolute atomic E-state index is 0.144. The molecule has 0 fully saturated rings. The van der Waals surface area contributed by atoms with Crippen LogP contribution in [-0.2, 0) is 0 Å². The lowest BCUT2D eigenvalue weighted by atomic mass is 10.1. The SMILES string of the molecule is Cc1cc2oc3cc(NC(=O)c4cccs4)ccc3c(=O)c2cc1Cl. The third kappa shape index (κ3) is 2.81. The summed E-state index contributed by atoms with van der Waals surface area (Å²) in [4.78, 5) is 25.4. The molecule has 6 heteroatoms. The van der Waals surface area contributed by atoms with E-state index >= 15 is 0 Å². The molecule has 0 radical (unpaired) electrons. The zero-order chi connectivity index (χ0) is 17.6. The molecule has 1 amide bonds. The number of benzene rings is 2. The highest BCUT2D eigenvalue weighted by molar-refractivity contribution is 7.12. The van der Waals surface area contributed by atoms with Gasteiger partial charge >= 0.3 is 0 Å². The monoisotopic (exact) mass is 369 g/mol. The molecule has 2 aromatic heterocycles. The summed E-state index contributed by atoms with van der Waals surface area (Å²) in [6.07, 6.45) is 0. The molecule has 0 atom stereocenters. The first-order chi connectivity index (χ1) is 12.0. The van der Waals surface area contributed by atoms with Gasteiger partial charge in [0.05, 0.1) is 15.6 Å². The molecular weight excluding hydrogens is 358 g/mol. The van der Waals surface area contributed by atoms with Crippen molar-refractivity contribution in [1.82, 2.24) is 0 Å². The van der Waals surface area contributed by atoms with Crippen LogP contribution in [0.3, 0.4) is 0 Å². The molecule has 2 aromatic carbocycles. The van der Waals surface area contributed by atoms with Crippen molar-refractivity contribution in [1.29, 1.82) is 0 Å². The van der Waals surface area contributed by atoms with E-state index in [1.807, 2.05) is 18.4 Å². The molecular formula is C19H12ClNO3S. The Hall–Kier alpha value is -2.63. The first-order valence-electron chi connectivity index (χ1n) is 7.54. The first-order valence-corrected chi connectivity index (χ1v) is 8.80. The van der Waals surface area contributed by atoms with Gasteiger partial charge in [-0.2, -0.15) is 0 Å². The van der Waals surface area contributed by atoms with E-state index in [1.54, 1.807) is 36.4 Å². The average molecular weight is 370 g/mol. The third-order valence-electron chi connectivity index (χ3n) is 3.95. The van der Waals surface area contributed by atoms with Gasteiger partial charge in [-0.05, 0) is 48.2 Å². The summed E-state index contributed by atoms with van der Waals surface area (Å²) in [7, 11) is 0. The summed E-state index contributed by atoms with van der Waals surface area (Å²) in [5, 5.41) is 6.07. The van der Waals surface area contributed by atoms with E-state index in [0.717, 1.165) is 5.56 Å². The number of amides is 1. The van der Waals surface area contributed by atoms with Crippen LogP contribution < -0.4 is 10.7 Å². The Balaban J connectivity index is 1.82. The van der Waals surface area contributed by atoms with Gasteiger partial charge < -0.3 is 9.73 Å². The summed E-state index contributed by atoms with van der Waals surface area (Å²) < 4.78 is 5.87. The molecule has 0 spiro atoms. The lowest BCUT2D eigenvalue weighted by Crippen LogP contribution is -2.10. The maximum atomic E-state index is 12.7. The highest BCUT2D eigenvalue weighted by atomic mass is 35.5. The molecule has 1 N–H and O–H groups in total. The summed E-state index contributed by atoms with van der Waals surface area (Å²) in [5.74, 6) is -0.194. The predicted molar refractivity (Wildman–Crippen MR) is 102 cm³/mol. The van der Waals surface area contributed by atoms with E-state index < -0.39 is 0 Å². The van der Waals surface area contributed by atoms with Crippen LogP contribution in [0.5, 0.6) is 0 Å². The Morgan fingerprint density at radius 1 is 1.12 bits per heavy atom. The highest BCUT2D eigenvalue weighted by Gasteiger charge is 2.12. The van der Waals surface area contributed by atoms with Crippen molar-refractivity contribution >= 4 is 56.5 Å². The first kappa shape index (κ1) is 15.9. The normalized spacial score (nSPS) is 11.1. The molecule has 0 unspecified atom stereocenters. The molecule has 0 saturated heterocycles. The maximum Gasteiger partial charge on any atom is 0.265 e. The minimum Gasteiger partial charge on any atom is -0.456 e. The largest absolute Gasteiger partial charge is 0.456 e. The number of hydrogen-bond donors (Lipinski definition) is 1. The molecule has 4 aromatic rings. The van der Waals surface area contributed by atoms with E-state index in [2.05, 4.69) is 5.32 Å². The van der Waals surface area contributed by atoms with Crippen LogP contribution in [0.2, 0.25) is 5.02 Å². The number of rotatable bonds is 2. The summed E-state index contributed by atoms with van der Waals surface area (Å²) in [6.45, 7) is 1.85. The molecule has 124 valence electrons. The van der Waals surface area contributed by atoms with Crippen LogP contribution in [0.1, 0.15) is 15.2 Å². The predicted octanol–water partition coefficient (Wildman–Crippen LogP) is 5.22. The Morgan fingerprint density at radius 3 is 2.68 bits per heavy atom. The Kier molecular flexibility index (Phi) is 3.82. The fourth-order valence-electron chi connectivity index (χ4n) is 2.65. The van der Waals surface area contributed by atoms with E-state index in [4.69, 9.17) is 16.0 Å². The van der Waals surface area contributed by atoms with Gasteiger partial charge in [0.15, 0.2) is 0 Å². The van der Waals surface area contributed by atoms with Crippen molar-refractivity contribution in [2.45, 2.75) is 6.92 Å². The Morgan fingerprint density at radius 2 is 1.92 bits per heavy atom. The molecule has 0 aliphatic heterocycles. The quantitative estimate of drug-likeness (QED) is 0.493. The number of anilines is 1. The zero-order valence-electron chi connectivity index (χ0n) is 13.1. The second-order valence-corrected chi connectivity index (χ2v) is 7.03. The van der Waals surface area contributed by atoms with Gasteiger partial charge in [0.25, 0.3) is 5.91 Å². The lowest BCUT2D eigenvalue weighted by Gasteiger charge is -2.07. The fourth-order valence-corrected chi connectivity index (χ4v) is 3.44. The van der Waals surface area contributed by atoms with Crippen molar-refractivity contribution < 1.29 is 9.21 Å². The van der Waals surface area contributed by atoms with Crippen molar-refractivity contribution in [3.63, 3.8) is 0 Å². The highest BCUT2D eigenvalue weighted by Crippen LogP contribution is 2.26. The minimum atomic E-state index is -0.194. The Bertz CT molecular complexity index is 1180. The second-order valence-electron chi connectivity index (χ2n) is 5.67. The number of carbonyl (C=O) groups is 1. The van der Waals surface area contributed by atoms with E-state index in [1.165, 1.54) is 11.3 Å². The van der Waals surface area contributed by atoms with Crippen LogP contribution in [0.15, 0.2) is 57.1 Å². The number of hydrogen-bond acceptors (Lipinski definition) is 4. The van der Waals surface area contributed by atoms with Gasteiger partial charge in [0, 0.05) is 16.8 Å². The number of halogens is 1. The summed E-state index contributed by atoms with van der Waals surface area (Å²) in [5.41, 5.74) is 2.15. The van der Waals surface area contributed by atoms with Crippen molar-refractivity contribution in [3.05, 3.63) is 73.5 Å². The Labute approximate surface area is 151 Å². The lowest BCUT2D eigenvalue weighted by molar-refractivity contribution is 0.103. The van der Waals surface area contributed by atoms with Gasteiger partial charge in [0.2, 0.25) is 5.43 Å². The van der Waals surface area contributed by atoms with Gasteiger partial charge in [-0.15, -0.1) is 11.3 Å². The second kappa shape index (κ2) is 6.02. The molecule has 25 heavy (non-hydrogen) atoms. The summed E-state index contributed by atoms with van der Waals surface area (Å²) in [6, 6.07) is 11.9. The van der Waals surface area contributed by atoms with Gasteiger partial charge in [-0.25, -0.2) is 0 Å². The van der Waals surface area contributed by atoms with Crippen molar-refractivity contribution in [3.8, 4) is 0 Å². The molecule has 0 aliphatic rings. The maximum absolute atomic E-state index is 12.7. The van der Waals surface area contributed by atoms with Crippen molar-refractivity contribution in [2.24, 2.45) is 0 Å². The van der Waals surface area contributed by atoms with Crippen LogP contribution in [0.4, 0.5) is 5.69 Å². The molecule has 4 rings (SSSR count). The molecule has 0 bridgehead atoms. The molecule has 2 heterocycles. The topological polar surface area (TPSA) is 59.3 Å². The molecule has 0 aliphatic carbocycles. The van der Waals surface area contributed by atoms with Crippen LogP contribution >= 0.6 is 22.9 Å². The number of nitrogens with one attached hydrogen (secondary N) is 1. The van der Waals surface area contributed by atoms with E-state index in [9.17, 15) is 9.59 Å². The molecule has 0 saturated carbocycles. The van der Waals surface area contributed by atoms with Crippen molar-refractivity contribution in [2.75, 3.05) is 5.32 Å². The van der Waals surface area contributed by atoms with Gasteiger partial charge in [-0.3, -0.25) is 9.59 Å². The standard InChI is InChI=1S/C19H12ClNO3S/c1-10-7-15-13(9-14(10)20)18(22)12-5-4-11(8-16(12)24-15)21-19(23)17-3-2-6-25-17/h2-9H,1H3,(H,21,23). The summed E-state index contributed by atoms with van der Waals surface area (Å²) >= 11 is 7.48. The smallest absolute Gasteiger partial charge is 0.265 e. The van der Waals surface area contributed by atoms with Crippen LogP contribution in [0.25, 0.3) is 21.9 Å². The zero-order valence-corrected chi connectivity index (χ0v) is 14.7. The van der Waals surface area contributed by atoms with Gasteiger partial charge in [0.1, 0.15) is 11.2 Å². The van der Waals surface area contributed by atoms with Crippen LogP contribution in [-0.4, -0.2) is 5.91 Å². The average Bonchev–Trinajstić information content (AvgIpc) is 3.12. The van der Waals surface area contributed by atoms with E-state index in [0.29, 0.717) is 37.5 Å². The number of thiophene rings is 1. The number of carbonyl (C=O) groups excluding carboxylic acids is 1. The van der Waals surface area contributed by atoms with Crippen LogP contribution in [0, 0.1) is 6.92 Å². The number of fused-ring (bicyclic) bond motifs is 2. The van der Waals surface area contributed by atoms with E-state index in [-0.39, 0.29) is 11.3 Å². The number of aryl methyl sites for hydroxylation is 1. The third-order valence-corrected chi connectivity index (χ3v) is 5.23. The van der Waals surface area contributed by atoms with Gasteiger partial charge in [-0.1, -0.05) is 17.7 Å². The fraction of sp³-hybridized carbons (Fsp3) is 0.0526. The molecule has 4 nitrogen and oxygen atoms in total.